The van der Waals surface area contributed by atoms with Gasteiger partial charge in [-0.3, -0.25) is 19.8 Å². The van der Waals surface area contributed by atoms with E-state index in [4.69, 9.17) is 4.42 Å². The fraction of sp³-hybridized carbons (Fsp3) is 0.471. The number of aromatic nitrogens is 1. The van der Waals surface area contributed by atoms with Crippen LogP contribution in [0.15, 0.2) is 22.8 Å². The van der Waals surface area contributed by atoms with E-state index in [0.717, 1.165) is 49.5 Å². The lowest BCUT2D eigenvalue weighted by atomic mass is 10.2. The summed E-state index contributed by atoms with van der Waals surface area (Å²) in [5.41, 5.74) is 1.02. The highest BCUT2D eigenvalue weighted by Gasteiger charge is 2.25. The molecule has 1 N–H and O–H groups in total. The molecule has 132 valence electrons. The van der Waals surface area contributed by atoms with Crippen molar-refractivity contribution in [2.45, 2.75) is 25.8 Å². The highest BCUT2D eigenvalue weighted by atomic mass is 32.1. The van der Waals surface area contributed by atoms with Gasteiger partial charge in [-0.25, -0.2) is 4.98 Å². The first-order chi connectivity index (χ1) is 12.2. The minimum atomic E-state index is -0.294. The van der Waals surface area contributed by atoms with Crippen LogP contribution in [-0.4, -0.2) is 52.8 Å². The van der Waals surface area contributed by atoms with Crippen molar-refractivity contribution in [3.8, 4) is 0 Å². The molecule has 0 atom stereocenters. The molecule has 0 spiro atoms. The summed E-state index contributed by atoms with van der Waals surface area (Å²) in [4.78, 5) is 34.1. The van der Waals surface area contributed by atoms with Crippen LogP contribution in [0, 0.1) is 0 Å². The Morgan fingerprint density at radius 3 is 2.88 bits per heavy atom. The van der Waals surface area contributed by atoms with E-state index >= 15 is 0 Å². The Labute approximate surface area is 149 Å². The molecule has 1 fully saturated rings. The Kier molecular flexibility index (Phi) is 4.54. The first-order valence-electron chi connectivity index (χ1n) is 8.52. The molecule has 0 radical (unpaired) electrons. The van der Waals surface area contributed by atoms with Gasteiger partial charge in [-0.1, -0.05) is 0 Å². The Hall–Kier alpha value is -2.19. The van der Waals surface area contributed by atoms with E-state index in [9.17, 15) is 9.59 Å². The zero-order valence-electron chi connectivity index (χ0n) is 13.9. The molecule has 1 saturated heterocycles. The molecule has 2 aromatic heterocycles. The molecule has 4 heterocycles. The molecule has 2 aliphatic heterocycles. The van der Waals surface area contributed by atoms with E-state index in [0.29, 0.717) is 18.2 Å². The quantitative estimate of drug-likeness (QED) is 0.902. The smallest absolute Gasteiger partial charge is 0.293 e. The van der Waals surface area contributed by atoms with Crippen LogP contribution >= 0.6 is 11.3 Å². The van der Waals surface area contributed by atoms with Crippen LogP contribution in [-0.2, 0) is 17.8 Å². The molecule has 0 aromatic carbocycles. The average molecular weight is 360 g/mol. The van der Waals surface area contributed by atoms with Gasteiger partial charge < -0.3 is 9.32 Å². The fourth-order valence-electron chi connectivity index (χ4n) is 3.26. The SMILES string of the molecule is O=C(Nc1nc2c(s1)CN(CC(=O)N1CCCC1)CC2)c1ccco1. The van der Waals surface area contributed by atoms with E-state index in [1.165, 1.54) is 17.6 Å². The van der Waals surface area contributed by atoms with E-state index in [1.54, 1.807) is 12.1 Å². The number of carbonyl (C=O) groups is 2. The molecule has 0 aliphatic carbocycles. The molecule has 2 amide bonds. The van der Waals surface area contributed by atoms with Gasteiger partial charge in [0.15, 0.2) is 10.9 Å². The van der Waals surface area contributed by atoms with Gasteiger partial charge in [0.25, 0.3) is 5.91 Å². The van der Waals surface area contributed by atoms with Crippen LogP contribution in [0.5, 0.6) is 0 Å². The molecule has 0 unspecified atom stereocenters. The highest BCUT2D eigenvalue weighted by Crippen LogP contribution is 2.28. The number of rotatable bonds is 4. The van der Waals surface area contributed by atoms with Crippen molar-refractivity contribution < 1.29 is 14.0 Å². The normalized spacial score (nSPS) is 17.5. The van der Waals surface area contributed by atoms with Crippen molar-refractivity contribution in [2.75, 3.05) is 31.5 Å². The maximum absolute atomic E-state index is 12.3. The molecular weight excluding hydrogens is 340 g/mol. The first kappa shape index (κ1) is 16.3. The molecule has 25 heavy (non-hydrogen) atoms. The summed E-state index contributed by atoms with van der Waals surface area (Å²) in [6.07, 6.45) is 4.50. The van der Waals surface area contributed by atoms with Crippen LogP contribution in [0.3, 0.4) is 0 Å². The van der Waals surface area contributed by atoms with Crippen LogP contribution in [0.25, 0.3) is 0 Å². The molecule has 0 saturated carbocycles. The lowest BCUT2D eigenvalue weighted by molar-refractivity contribution is -0.131. The summed E-state index contributed by atoms with van der Waals surface area (Å²) in [5.74, 6) is 0.194. The zero-order chi connectivity index (χ0) is 17.2. The Balaban J connectivity index is 1.37. The van der Waals surface area contributed by atoms with E-state index in [1.807, 2.05) is 4.90 Å². The van der Waals surface area contributed by atoms with Crippen molar-refractivity contribution in [1.82, 2.24) is 14.8 Å². The number of nitrogens with one attached hydrogen (secondary N) is 1. The number of anilines is 1. The third-order valence-corrected chi connectivity index (χ3v) is 5.59. The van der Waals surface area contributed by atoms with Gasteiger partial charge in [-0.15, -0.1) is 11.3 Å². The number of hydrogen-bond acceptors (Lipinski definition) is 6. The third-order valence-electron chi connectivity index (χ3n) is 4.59. The Morgan fingerprint density at radius 2 is 2.12 bits per heavy atom. The molecule has 2 aliphatic rings. The van der Waals surface area contributed by atoms with Gasteiger partial charge in [0.2, 0.25) is 5.91 Å². The second-order valence-corrected chi connectivity index (χ2v) is 7.45. The van der Waals surface area contributed by atoms with Crippen LogP contribution < -0.4 is 5.32 Å². The summed E-state index contributed by atoms with van der Waals surface area (Å²) in [6.45, 7) is 3.78. The second kappa shape index (κ2) is 6.97. The number of fused-ring (bicyclic) bond motifs is 1. The van der Waals surface area contributed by atoms with E-state index in [2.05, 4.69) is 15.2 Å². The van der Waals surface area contributed by atoms with Crippen LogP contribution in [0.2, 0.25) is 0 Å². The molecular formula is C17H20N4O3S. The standard InChI is InChI=1S/C17H20N4O3S/c22-15(21-6-1-2-7-21)11-20-8-5-12-14(10-20)25-17(18-12)19-16(23)13-4-3-9-24-13/h3-4,9H,1-2,5-8,10-11H2,(H,18,19,23). The summed E-state index contributed by atoms with van der Waals surface area (Å²) in [6, 6.07) is 3.30. The predicted molar refractivity (Wildman–Crippen MR) is 93.6 cm³/mol. The van der Waals surface area contributed by atoms with Crippen molar-refractivity contribution in [3.05, 3.63) is 34.7 Å². The maximum atomic E-state index is 12.3. The average Bonchev–Trinajstić information content (AvgIpc) is 3.35. The van der Waals surface area contributed by atoms with Crippen LogP contribution in [0.4, 0.5) is 5.13 Å². The topological polar surface area (TPSA) is 78.7 Å². The second-order valence-electron chi connectivity index (χ2n) is 6.37. The molecule has 2 aromatic rings. The van der Waals surface area contributed by atoms with Gasteiger partial charge in [0, 0.05) is 37.5 Å². The van der Waals surface area contributed by atoms with Gasteiger partial charge in [0.1, 0.15) is 0 Å². The van der Waals surface area contributed by atoms with Crippen molar-refractivity contribution in [2.24, 2.45) is 0 Å². The summed E-state index contributed by atoms with van der Waals surface area (Å²) in [7, 11) is 0. The first-order valence-corrected chi connectivity index (χ1v) is 9.34. The van der Waals surface area contributed by atoms with Gasteiger partial charge in [-0.2, -0.15) is 0 Å². The lowest BCUT2D eigenvalue weighted by Crippen LogP contribution is -2.40. The number of hydrogen-bond donors (Lipinski definition) is 1. The third kappa shape index (κ3) is 3.59. The Morgan fingerprint density at radius 1 is 1.28 bits per heavy atom. The summed E-state index contributed by atoms with van der Waals surface area (Å²) >= 11 is 1.47. The van der Waals surface area contributed by atoms with Crippen molar-refractivity contribution in [3.63, 3.8) is 0 Å². The summed E-state index contributed by atoms with van der Waals surface area (Å²) in [5, 5.41) is 3.37. The van der Waals surface area contributed by atoms with Crippen molar-refractivity contribution in [1.29, 1.82) is 0 Å². The maximum Gasteiger partial charge on any atom is 0.293 e. The van der Waals surface area contributed by atoms with Crippen LogP contribution in [0.1, 0.15) is 34.0 Å². The number of thiazole rings is 1. The molecule has 0 bridgehead atoms. The number of carbonyl (C=O) groups excluding carboxylic acids is 2. The van der Waals surface area contributed by atoms with Gasteiger partial charge in [0.05, 0.1) is 18.5 Å². The van der Waals surface area contributed by atoms with E-state index < -0.39 is 0 Å². The monoisotopic (exact) mass is 360 g/mol. The number of likely N-dealkylation sites (tertiary alicyclic amines) is 1. The molecule has 8 heteroatoms. The zero-order valence-corrected chi connectivity index (χ0v) is 14.7. The largest absolute Gasteiger partial charge is 0.459 e. The van der Waals surface area contributed by atoms with Crippen molar-refractivity contribution >= 4 is 28.3 Å². The fourth-order valence-corrected chi connectivity index (χ4v) is 4.31. The number of nitrogens with zero attached hydrogens (tertiary/aromatic N) is 3. The minimum Gasteiger partial charge on any atom is -0.459 e. The lowest BCUT2D eigenvalue weighted by Gasteiger charge is -2.27. The van der Waals surface area contributed by atoms with Gasteiger partial charge >= 0.3 is 0 Å². The molecule has 7 nitrogen and oxygen atoms in total. The summed E-state index contributed by atoms with van der Waals surface area (Å²) < 4.78 is 5.09. The Bertz CT molecular complexity index is 765. The molecule has 4 rings (SSSR count). The predicted octanol–water partition coefficient (Wildman–Crippen LogP) is 1.97. The highest BCUT2D eigenvalue weighted by molar-refractivity contribution is 7.15. The minimum absolute atomic E-state index is 0.219. The van der Waals surface area contributed by atoms with Gasteiger partial charge in [-0.05, 0) is 25.0 Å². The number of furan rings is 1. The van der Waals surface area contributed by atoms with E-state index in [-0.39, 0.29) is 17.6 Å². The number of amides is 2.